The number of nitriles is 1. The molecule has 2 fully saturated rings. The van der Waals surface area contributed by atoms with Gasteiger partial charge in [-0.15, -0.1) is 0 Å². The van der Waals surface area contributed by atoms with Crippen molar-refractivity contribution in [2.75, 3.05) is 11.2 Å². The van der Waals surface area contributed by atoms with Crippen LogP contribution in [0.25, 0.3) is 0 Å². The minimum Gasteiger partial charge on any atom is -0.501 e. The molecule has 29 heavy (non-hydrogen) atoms. The summed E-state index contributed by atoms with van der Waals surface area (Å²) in [5, 5.41) is 10.4. The van der Waals surface area contributed by atoms with Crippen LogP contribution in [0.2, 0.25) is 13.1 Å². The van der Waals surface area contributed by atoms with Crippen molar-refractivity contribution >= 4 is 30.9 Å². The number of allylic oxidation sites excluding steroid dienone is 4. The van der Waals surface area contributed by atoms with Crippen LogP contribution in [0.3, 0.4) is 0 Å². The van der Waals surface area contributed by atoms with E-state index in [2.05, 4.69) is 67.8 Å². The normalized spacial score (nSPS) is 44.0. The van der Waals surface area contributed by atoms with Crippen LogP contribution >= 0.6 is 22.6 Å². The van der Waals surface area contributed by atoms with Gasteiger partial charge >= 0.3 is 0 Å². The topological polar surface area (TPSA) is 42.2 Å². The Balaban J connectivity index is 1.67. The van der Waals surface area contributed by atoms with Crippen molar-refractivity contribution in [3.05, 3.63) is 23.5 Å². The largest absolute Gasteiger partial charge is 0.501 e. The maximum atomic E-state index is 10.4. The summed E-state index contributed by atoms with van der Waals surface area (Å²) in [5.74, 6) is 3.14. The van der Waals surface area contributed by atoms with E-state index in [0.29, 0.717) is 11.8 Å². The molecule has 0 saturated heterocycles. The molecule has 3 nitrogen and oxygen atoms in total. The first-order valence-electron chi connectivity index (χ1n) is 11.3. The van der Waals surface area contributed by atoms with Crippen molar-refractivity contribution in [1.82, 2.24) is 0 Å². The Labute approximate surface area is 191 Å². The molecule has 0 aromatic heterocycles. The third-order valence-corrected chi connectivity index (χ3v) is 16.1. The number of hydrogen-bond acceptors (Lipinski definition) is 3. The zero-order valence-electron chi connectivity index (χ0n) is 18.7. The van der Waals surface area contributed by atoms with Gasteiger partial charge in [-0.3, -0.25) is 0 Å². The van der Waals surface area contributed by atoms with E-state index in [-0.39, 0.29) is 10.8 Å². The third kappa shape index (κ3) is 3.19. The second-order valence-corrected chi connectivity index (χ2v) is 17.2. The van der Waals surface area contributed by atoms with Gasteiger partial charge in [0.1, 0.15) is 5.60 Å². The zero-order valence-corrected chi connectivity index (χ0v) is 21.8. The lowest BCUT2D eigenvalue weighted by molar-refractivity contribution is -0.0854. The summed E-state index contributed by atoms with van der Waals surface area (Å²) >= 11 is 2.45. The van der Waals surface area contributed by atoms with E-state index >= 15 is 0 Å². The van der Waals surface area contributed by atoms with E-state index < -0.39 is 13.9 Å². The quantitative estimate of drug-likeness (QED) is 0.238. The van der Waals surface area contributed by atoms with Crippen molar-refractivity contribution < 1.29 is 9.16 Å². The maximum absolute atomic E-state index is 10.4. The van der Waals surface area contributed by atoms with Crippen molar-refractivity contribution in [3.63, 3.8) is 0 Å². The van der Waals surface area contributed by atoms with Crippen molar-refractivity contribution in [2.24, 2.45) is 28.6 Å². The monoisotopic (exact) mass is 525 g/mol. The SMILES string of the molecule is COC1=CC2=CC[C@@H]3[C@H](CC[C@@]4(C)[C@H]3CC[C@@]4(C#N)O[Si](C)(C)CI)[C@@]2(C)CC1. The summed E-state index contributed by atoms with van der Waals surface area (Å²) in [6, 6.07) is 2.75. The fourth-order valence-electron chi connectivity index (χ4n) is 7.33. The van der Waals surface area contributed by atoms with Crippen LogP contribution in [-0.2, 0) is 9.16 Å². The summed E-state index contributed by atoms with van der Waals surface area (Å²) in [6.45, 7) is 9.45. The number of ether oxygens (including phenoxy) is 1. The predicted molar refractivity (Wildman–Crippen MR) is 128 cm³/mol. The van der Waals surface area contributed by atoms with Crippen LogP contribution in [0.1, 0.15) is 58.8 Å². The molecule has 6 atom stereocenters. The molecule has 4 aliphatic rings. The second kappa shape index (κ2) is 7.38. The number of halogens is 1. The number of methoxy groups -OCH3 is 1. The van der Waals surface area contributed by atoms with Gasteiger partial charge in [0.2, 0.25) is 0 Å². The second-order valence-electron chi connectivity index (χ2n) is 10.9. The van der Waals surface area contributed by atoms with Crippen LogP contribution in [0.5, 0.6) is 0 Å². The van der Waals surface area contributed by atoms with Crippen molar-refractivity contribution in [1.29, 1.82) is 5.26 Å². The lowest BCUT2D eigenvalue weighted by Gasteiger charge is -2.58. The Kier molecular flexibility index (Phi) is 5.57. The Bertz CT molecular complexity index is 786. The molecule has 4 aliphatic carbocycles. The van der Waals surface area contributed by atoms with Crippen LogP contribution in [-0.4, -0.2) is 25.1 Å². The average molecular weight is 526 g/mol. The number of hydrogen-bond donors (Lipinski definition) is 0. The highest BCUT2D eigenvalue weighted by Crippen LogP contribution is 2.67. The first-order valence-corrected chi connectivity index (χ1v) is 15.9. The van der Waals surface area contributed by atoms with Crippen LogP contribution in [0, 0.1) is 39.9 Å². The molecule has 4 rings (SSSR count). The molecule has 0 aromatic carbocycles. The number of alkyl halides is 1. The zero-order chi connectivity index (χ0) is 21.1. The van der Waals surface area contributed by atoms with Gasteiger partial charge in [0, 0.05) is 15.9 Å². The smallest absolute Gasteiger partial charge is 0.198 e. The molecule has 0 bridgehead atoms. The fourth-order valence-corrected chi connectivity index (χ4v) is 9.18. The summed E-state index contributed by atoms with van der Waals surface area (Å²) in [6.07, 6.45) is 12.6. The highest BCUT2D eigenvalue weighted by atomic mass is 127. The Morgan fingerprint density at radius 1 is 1.21 bits per heavy atom. The maximum Gasteiger partial charge on any atom is 0.198 e. The Morgan fingerprint density at radius 2 is 1.93 bits per heavy atom. The van der Waals surface area contributed by atoms with Gasteiger partial charge in [-0.05, 0) is 86.4 Å². The van der Waals surface area contributed by atoms with Gasteiger partial charge in [-0.25, -0.2) is 0 Å². The van der Waals surface area contributed by atoms with E-state index in [4.69, 9.17) is 9.16 Å². The van der Waals surface area contributed by atoms with E-state index in [9.17, 15) is 5.26 Å². The van der Waals surface area contributed by atoms with Gasteiger partial charge in [0.15, 0.2) is 8.32 Å². The van der Waals surface area contributed by atoms with Gasteiger partial charge in [0.05, 0.1) is 18.9 Å². The minimum atomic E-state index is -1.83. The summed E-state index contributed by atoms with van der Waals surface area (Å²) in [7, 11) is -0.0278. The molecule has 0 unspecified atom stereocenters. The lowest BCUT2D eigenvalue weighted by atomic mass is 9.47. The van der Waals surface area contributed by atoms with Gasteiger partial charge in [-0.1, -0.05) is 42.5 Å². The molecule has 160 valence electrons. The first-order chi connectivity index (χ1) is 13.6. The molecular formula is C24H36INO2Si. The first kappa shape index (κ1) is 21.9. The molecule has 0 N–H and O–H groups in total. The molecule has 0 heterocycles. The molecule has 5 heteroatoms. The average Bonchev–Trinajstić information content (AvgIpc) is 2.99. The van der Waals surface area contributed by atoms with Gasteiger partial charge < -0.3 is 9.16 Å². The van der Waals surface area contributed by atoms with E-state index in [1.807, 2.05) is 0 Å². The van der Waals surface area contributed by atoms with E-state index in [1.54, 1.807) is 7.11 Å². The van der Waals surface area contributed by atoms with Crippen LogP contribution < -0.4 is 0 Å². The number of rotatable bonds is 4. The summed E-state index contributed by atoms with van der Waals surface area (Å²) in [4.78, 5) is 0. The highest BCUT2D eigenvalue weighted by Gasteiger charge is 2.65. The fraction of sp³-hybridized carbons (Fsp3) is 0.792. The predicted octanol–water partition coefficient (Wildman–Crippen LogP) is 6.55. The van der Waals surface area contributed by atoms with Crippen LogP contribution in [0.4, 0.5) is 0 Å². The number of fused-ring (bicyclic) bond motifs is 5. The van der Waals surface area contributed by atoms with Crippen LogP contribution in [0.15, 0.2) is 23.5 Å². The van der Waals surface area contributed by atoms with E-state index in [1.165, 1.54) is 18.4 Å². The van der Waals surface area contributed by atoms with Gasteiger partial charge in [-0.2, -0.15) is 5.26 Å². The highest BCUT2D eigenvalue weighted by molar-refractivity contribution is 14.1. The van der Waals surface area contributed by atoms with Gasteiger partial charge in [0.25, 0.3) is 0 Å². The molecule has 0 radical (unpaired) electrons. The molecular weight excluding hydrogens is 489 g/mol. The minimum absolute atomic E-state index is 0.0110. The summed E-state index contributed by atoms with van der Waals surface area (Å²) in [5.41, 5.74) is 1.18. The Morgan fingerprint density at radius 3 is 2.59 bits per heavy atom. The van der Waals surface area contributed by atoms with E-state index in [0.717, 1.165) is 47.8 Å². The van der Waals surface area contributed by atoms with Crippen molar-refractivity contribution in [3.8, 4) is 6.07 Å². The molecule has 0 amide bonds. The standard InChI is InChI=1S/C24H36INO2Si/c1-22-11-8-18(27-3)14-17(22)6-7-19-20(22)9-12-23(2)21(19)10-13-24(23,15-26)28-29(4,5)16-25/h6,14,19-21H,7-13,16H2,1-5H3/t19-,20+,21+,22+,23+,24+/m1/s1. The number of nitrogens with zero attached hydrogens (tertiary/aromatic N) is 1. The molecule has 0 aliphatic heterocycles. The lowest BCUT2D eigenvalue weighted by Crippen LogP contribution is -2.57. The van der Waals surface area contributed by atoms with Crippen molar-refractivity contribution in [2.45, 2.75) is 77.5 Å². The molecule has 0 aromatic rings. The third-order valence-electron chi connectivity index (χ3n) is 9.07. The Hall–Kier alpha value is -0.323. The molecule has 0 spiro atoms. The molecule has 2 saturated carbocycles. The summed E-state index contributed by atoms with van der Waals surface area (Å²) < 4.78 is 13.4.